The number of benzene rings is 2. The van der Waals surface area contributed by atoms with Crippen LogP contribution < -0.4 is 5.56 Å². The van der Waals surface area contributed by atoms with Crippen molar-refractivity contribution < 1.29 is 21.6 Å². The Morgan fingerprint density at radius 3 is 2.46 bits per heavy atom. The zero-order valence-electron chi connectivity index (χ0n) is 19.7. The topological polar surface area (TPSA) is 83.1 Å². The lowest BCUT2D eigenvalue weighted by Gasteiger charge is -2.34. The molecule has 1 fully saturated rings. The summed E-state index contributed by atoms with van der Waals surface area (Å²) in [6, 6.07) is 14.9. The van der Waals surface area contributed by atoms with E-state index < -0.39 is 27.3 Å². The van der Waals surface area contributed by atoms with Crippen molar-refractivity contribution in [2.45, 2.75) is 42.8 Å². The summed E-state index contributed by atoms with van der Waals surface area (Å²) < 4.78 is 69.0. The van der Waals surface area contributed by atoms with Crippen LogP contribution in [0.2, 0.25) is 0 Å². The van der Waals surface area contributed by atoms with E-state index in [1.807, 2.05) is 6.07 Å². The lowest BCUT2D eigenvalue weighted by Crippen LogP contribution is -2.38. The van der Waals surface area contributed by atoms with Gasteiger partial charge in [0.25, 0.3) is 0 Å². The third kappa shape index (κ3) is 5.17. The minimum atomic E-state index is -4.66. The van der Waals surface area contributed by atoms with Crippen molar-refractivity contribution in [1.29, 1.82) is 0 Å². The Morgan fingerprint density at radius 1 is 1.00 bits per heavy atom. The standard InChI is InChI=1S/C27H24F3N3O3S/c28-27(29,30)23-16-26(34)32-24-11-8-19(15-22(23)24)14-18-6-9-21(10-7-18)37(35,36)33-13-2-1-5-25(33)20-4-3-12-31-17-20/h3-4,6-12,15-17,25H,1-2,5,13-14H2,(H,32,34). The predicted octanol–water partition coefficient (Wildman–Crippen LogP) is 5.45. The Kier molecular flexibility index (Phi) is 6.63. The molecule has 1 unspecified atom stereocenters. The minimum absolute atomic E-state index is 0.0876. The first-order chi connectivity index (χ1) is 17.6. The highest BCUT2D eigenvalue weighted by Crippen LogP contribution is 2.36. The molecule has 1 saturated heterocycles. The van der Waals surface area contributed by atoms with Crippen LogP contribution in [-0.4, -0.2) is 29.2 Å². The predicted molar refractivity (Wildman–Crippen MR) is 134 cm³/mol. The SMILES string of the molecule is O=c1cc(C(F)(F)F)c2cc(Cc3ccc(S(=O)(=O)N4CCCCC4c4cccnc4)cc3)ccc2[nH]1. The fraction of sp³-hybridized carbons (Fsp3) is 0.259. The van der Waals surface area contributed by atoms with Crippen molar-refractivity contribution in [2.75, 3.05) is 6.54 Å². The molecule has 192 valence electrons. The molecule has 1 atom stereocenters. The first kappa shape index (κ1) is 25.2. The first-order valence-electron chi connectivity index (χ1n) is 11.9. The highest BCUT2D eigenvalue weighted by atomic mass is 32.2. The van der Waals surface area contributed by atoms with Crippen molar-refractivity contribution in [3.05, 3.63) is 106 Å². The summed E-state index contributed by atoms with van der Waals surface area (Å²) in [5.74, 6) is 0. The molecule has 0 aliphatic carbocycles. The number of nitrogens with one attached hydrogen (secondary N) is 1. The van der Waals surface area contributed by atoms with Crippen molar-refractivity contribution in [1.82, 2.24) is 14.3 Å². The summed E-state index contributed by atoms with van der Waals surface area (Å²) in [6.45, 7) is 0.421. The number of hydrogen-bond acceptors (Lipinski definition) is 4. The van der Waals surface area contributed by atoms with Crippen LogP contribution in [0, 0.1) is 0 Å². The van der Waals surface area contributed by atoms with Crippen LogP contribution >= 0.6 is 0 Å². The maximum absolute atomic E-state index is 13.5. The Bertz CT molecular complexity index is 1590. The largest absolute Gasteiger partial charge is 0.417 e. The molecule has 0 bridgehead atoms. The third-order valence-electron chi connectivity index (χ3n) is 6.67. The number of pyridine rings is 2. The number of hydrogen-bond donors (Lipinski definition) is 1. The van der Waals surface area contributed by atoms with Crippen LogP contribution in [0.1, 0.15) is 47.6 Å². The Morgan fingerprint density at radius 2 is 1.76 bits per heavy atom. The van der Waals surface area contributed by atoms with E-state index in [2.05, 4.69) is 9.97 Å². The molecule has 2 aromatic heterocycles. The molecule has 1 N–H and O–H groups in total. The second kappa shape index (κ2) is 9.75. The minimum Gasteiger partial charge on any atom is -0.322 e. The summed E-state index contributed by atoms with van der Waals surface area (Å²) in [7, 11) is -3.76. The number of aromatic amines is 1. The number of aromatic nitrogens is 2. The number of alkyl halides is 3. The van der Waals surface area contributed by atoms with Gasteiger partial charge in [0.15, 0.2) is 0 Å². The fourth-order valence-electron chi connectivity index (χ4n) is 4.89. The molecule has 0 spiro atoms. The molecule has 3 heterocycles. The highest BCUT2D eigenvalue weighted by Gasteiger charge is 2.35. The maximum atomic E-state index is 13.5. The van der Waals surface area contributed by atoms with E-state index in [4.69, 9.17) is 0 Å². The van der Waals surface area contributed by atoms with Gasteiger partial charge in [0.05, 0.1) is 16.5 Å². The van der Waals surface area contributed by atoms with Gasteiger partial charge in [-0.1, -0.05) is 30.7 Å². The molecule has 1 aliphatic rings. The van der Waals surface area contributed by atoms with Gasteiger partial charge in [-0.3, -0.25) is 9.78 Å². The van der Waals surface area contributed by atoms with Crippen LogP contribution in [0.4, 0.5) is 13.2 Å². The fourth-order valence-corrected chi connectivity index (χ4v) is 6.58. The number of rotatable bonds is 5. The number of sulfonamides is 1. The van der Waals surface area contributed by atoms with Gasteiger partial charge in [-0.25, -0.2) is 8.42 Å². The number of H-pyrrole nitrogens is 1. The summed E-state index contributed by atoms with van der Waals surface area (Å²) >= 11 is 0. The van der Waals surface area contributed by atoms with Gasteiger partial charge < -0.3 is 4.98 Å². The van der Waals surface area contributed by atoms with Gasteiger partial charge in [0.2, 0.25) is 15.6 Å². The quantitative estimate of drug-likeness (QED) is 0.374. The van der Waals surface area contributed by atoms with E-state index in [1.54, 1.807) is 48.8 Å². The zero-order valence-corrected chi connectivity index (χ0v) is 20.5. The molecule has 6 nitrogen and oxygen atoms in total. The summed E-state index contributed by atoms with van der Waals surface area (Å²) in [5, 5.41) is -0.0876. The molecule has 0 saturated carbocycles. The molecule has 2 aromatic carbocycles. The highest BCUT2D eigenvalue weighted by molar-refractivity contribution is 7.89. The first-order valence-corrected chi connectivity index (χ1v) is 13.3. The van der Waals surface area contributed by atoms with Gasteiger partial charge in [-0.2, -0.15) is 17.5 Å². The lowest BCUT2D eigenvalue weighted by molar-refractivity contribution is -0.136. The van der Waals surface area contributed by atoms with Gasteiger partial charge >= 0.3 is 6.18 Å². The van der Waals surface area contributed by atoms with E-state index in [0.29, 0.717) is 24.6 Å². The molecule has 4 aromatic rings. The van der Waals surface area contributed by atoms with Crippen molar-refractivity contribution in [2.24, 2.45) is 0 Å². The van der Waals surface area contributed by atoms with Crippen LogP contribution in [-0.2, 0) is 22.6 Å². The summed E-state index contributed by atoms with van der Waals surface area (Å²) in [6.07, 6.45) is 1.42. The molecular formula is C27H24F3N3O3S. The molecule has 37 heavy (non-hydrogen) atoms. The number of piperidine rings is 1. The van der Waals surface area contributed by atoms with E-state index in [0.717, 1.165) is 30.4 Å². The van der Waals surface area contributed by atoms with E-state index in [9.17, 15) is 26.4 Å². The second-order valence-corrected chi connectivity index (χ2v) is 11.0. The van der Waals surface area contributed by atoms with E-state index >= 15 is 0 Å². The van der Waals surface area contributed by atoms with Gasteiger partial charge in [0.1, 0.15) is 0 Å². The lowest BCUT2D eigenvalue weighted by atomic mass is 9.99. The van der Waals surface area contributed by atoms with Gasteiger partial charge in [0, 0.05) is 35.9 Å². The van der Waals surface area contributed by atoms with Crippen LogP contribution in [0.15, 0.2) is 82.7 Å². The maximum Gasteiger partial charge on any atom is 0.417 e. The molecule has 0 radical (unpaired) electrons. The van der Waals surface area contributed by atoms with E-state index in [1.165, 1.54) is 16.4 Å². The van der Waals surface area contributed by atoms with Gasteiger partial charge in [-0.15, -0.1) is 0 Å². The molecule has 5 rings (SSSR count). The average molecular weight is 528 g/mol. The number of nitrogens with zero attached hydrogens (tertiary/aromatic N) is 2. The number of fused-ring (bicyclic) bond motifs is 1. The normalized spacial score (nSPS) is 17.2. The van der Waals surface area contributed by atoms with Crippen molar-refractivity contribution >= 4 is 20.9 Å². The van der Waals surface area contributed by atoms with Crippen LogP contribution in [0.3, 0.4) is 0 Å². The number of halogens is 3. The summed E-state index contributed by atoms with van der Waals surface area (Å²) in [5.41, 5.74) is 0.517. The Hall–Kier alpha value is -3.50. The average Bonchev–Trinajstić information content (AvgIpc) is 2.89. The summed E-state index contributed by atoms with van der Waals surface area (Å²) in [4.78, 5) is 18.4. The van der Waals surface area contributed by atoms with Crippen molar-refractivity contribution in [3.8, 4) is 0 Å². The molecule has 10 heteroatoms. The molecule has 0 amide bonds. The zero-order chi connectivity index (χ0) is 26.2. The Labute approximate surface area is 211 Å². The van der Waals surface area contributed by atoms with Crippen LogP contribution in [0.5, 0.6) is 0 Å². The molecular weight excluding hydrogens is 503 g/mol. The van der Waals surface area contributed by atoms with Crippen molar-refractivity contribution in [3.63, 3.8) is 0 Å². The van der Waals surface area contributed by atoms with E-state index in [-0.39, 0.29) is 21.8 Å². The Balaban J connectivity index is 1.41. The molecule has 1 aliphatic heterocycles. The second-order valence-electron chi connectivity index (χ2n) is 9.16. The monoisotopic (exact) mass is 527 g/mol. The van der Waals surface area contributed by atoms with Gasteiger partial charge in [-0.05, 0) is 66.3 Å². The smallest absolute Gasteiger partial charge is 0.322 e. The van der Waals surface area contributed by atoms with Crippen LogP contribution in [0.25, 0.3) is 10.9 Å². The third-order valence-corrected chi connectivity index (χ3v) is 8.60.